The Balaban J connectivity index is 1.95. The molecule has 133 valence electrons. The molecule has 0 spiro atoms. The minimum Gasteiger partial charge on any atom is -0.245 e. The van der Waals surface area contributed by atoms with E-state index in [4.69, 9.17) is 0 Å². The molecule has 0 aliphatic rings. The van der Waals surface area contributed by atoms with E-state index in [0.29, 0.717) is 11.4 Å². The highest BCUT2D eigenvalue weighted by atomic mass is 16.2. The second kappa shape index (κ2) is 6.96. The molecule has 0 saturated heterocycles. The molecule has 4 aromatic rings. The molecule has 0 N–H and O–H groups in total. The number of hydrogen-bond donors (Lipinski definition) is 0. The molecule has 4 rings (SSSR count). The molecule has 5 heteroatoms. The van der Waals surface area contributed by atoms with Gasteiger partial charge in [0.05, 0.1) is 17.9 Å². The van der Waals surface area contributed by atoms with Crippen LogP contribution in [0.1, 0.15) is 11.1 Å². The van der Waals surface area contributed by atoms with Gasteiger partial charge >= 0.3 is 11.4 Å². The predicted octanol–water partition coefficient (Wildman–Crippen LogP) is 3.02. The summed E-state index contributed by atoms with van der Waals surface area (Å²) < 4.78 is 4.06. The smallest absolute Gasteiger partial charge is 0.245 e. The lowest BCUT2D eigenvalue weighted by Gasteiger charge is -2.08. The summed E-state index contributed by atoms with van der Waals surface area (Å²) in [5, 5.41) is 0. The Labute approximate surface area is 156 Å². The topological polar surface area (TPSA) is 48.9 Å². The van der Waals surface area contributed by atoms with Gasteiger partial charge in [-0.3, -0.25) is 0 Å². The van der Waals surface area contributed by atoms with Crippen molar-refractivity contribution in [2.75, 3.05) is 0 Å². The molecule has 1 heterocycles. The Morgan fingerprint density at radius 2 is 1.19 bits per heavy atom. The summed E-state index contributed by atoms with van der Waals surface area (Å²) in [7, 11) is 0. The zero-order valence-electron chi connectivity index (χ0n) is 14.7. The summed E-state index contributed by atoms with van der Waals surface area (Å²) in [5.41, 5.74) is 2.19. The van der Waals surface area contributed by atoms with Gasteiger partial charge in [0.2, 0.25) is 0 Å². The molecule has 0 fully saturated rings. The number of nitrogens with zero attached hydrogens (tertiary/aromatic N) is 3. The molecule has 1 aromatic heterocycles. The third kappa shape index (κ3) is 3.15. The Bertz CT molecular complexity index is 1110. The second-order valence-electron chi connectivity index (χ2n) is 6.27. The summed E-state index contributed by atoms with van der Waals surface area (Å²) in [6.07, 6.45) is 0. The highest BCUT2D eigenvalue weighted by molar-refractivity contribution is 5.35. The van der Waals surface area contributed by atoms with E-state index in [0.717, 1.165) is 11.1 Å². The van der Waals surface area contributed by atoms with Gasteiger partial charge in [-0.05, 0) is 42.3 Å². The van der Waals surface area contributed by atoms with E-state index in [1.807, 2.05) is 60.7 Å². The summed E-state index contributed by atoms with van der Waals surface area (Å²) >= 11 is 0. The molecule has 0 atom stereocenters. The van der Waals surface area contributed by atoms with Gasteiger partial charge in [0.1, 0.15) is 0 Å². The van der Waals surface area contributed by atoms with Crippen LogP contribution in [-0.2, 0) is 6.54 Å². The van der Waals surface area contributed by atoms with Crippen molar-refractivity contribution in [3.63, 3.8) is 0 Å². The molecule has 5 nitrogen and oxygen atoms in total. The van der Waals surface area contributed by atoms with Crippen molar-refractivity contribution in [2.24, 2.45) is 0 Å². The molecule has 0 bridgehead atoms. The number of hydrogen-bond acceptors (Lipinski definition) is 2. The van der Waals surface area contributed by atoms with Crippen molar-refractivity contribution in [1.29, 1.82) is 0 Å². The third-order valence-electron chi connectivity index (χ3n) is 4.36. The Morgan fingerprint density at radius 3 is 1.67 bits per heavy atom. The number of aromatic nitrogens is 3. The fourth-order valence-corrected chi connectivity index (χ4v) is 3.12. The summed E-state index contributed by atoms with van der Waals surface area (Å²) in [6, 6.07) is 25.8. The van der Waals surface area contributed by atoms with Crippen LogP contribution in [0.2, 0.25) is 0 Å². The average molecular weight is 356 g/mol. The van der Waals surface area contributed by atoms with Crippen LogP contribution in [0.5, 0.6) is 0 Å². The highest BCUT2D eigenvalue weighted by Gasteiger charge is 2.18. The Hall–Kier alpha value is -3.60. The maximum atomic E-state index is 13.2. The molecule has 0 amide bonds. The van der Waals surface area contributed by atoms with Gasteiger partial charge in [-0.25, -0.2) is 14.2 Å². The first-order valence-corrected chi connectivity index (χ1v) is 8.62. The quantitative estimate of drug-likeness (QED) is 0.564. The second-order valence-corrected chi connectivity index (χ2v) is 6.27. The van der Waals surface area contributed by atoms with Gasteiger partial charge in [-0.15, -0.1) is 0 Å². The lowest BCUT2D eigenvalue weighted by Crippen LogP contribution is -2.29. The zero-order chi connectivity index (χ0) is 18.8. The van der Waals surface area contributed by atoms with E-state index >= 15 is 0 Å². The van der Waals surface area contributed by atoms with E-state index in [2.05, 4.69) is 6.92 Å². The number of benzene rings is 3. The van der Waals surface area contributed by atoms with Crippen molar-refractivity contribution < 1.29 is 0 Å². The fourth-order valence-electron chi connectivity index (χ4n) is 3.12. The van der Waals surface area contributed by atoms with Gasteiger partial charge in [-0.2, -0.15) is 9.36 Å². The standard InChI is InChI=1S/C22H18N3O2/c1-17-9-8-10-18(15-17)16-23-21(26)24(19-11-4-2-5-12-19)25(22(23)27)20-13-6-3-7-14-20/h2-15H,1,16H2. The largest absolute Gasteiger partial charge is 0.352 e. The molecule has 3 aromatic carbocycles. The van der Waals surface area contributed by atoms with Crippen molar-refractivity contribution in [3.05, 3.63) is 124 Å². The first kappa shape index (κ1) is 16.8. The lowest BCUT2D eigenvalue weighted by molar-refractivity contribution is 0.706. The highest BCUT2D eigenvalue weighted by Crippen LogP contribution is 2.10. The maximum absolute atomic E-state index is 13.2. The van der Waals surface area contributed by atoms with Crippen LogP contribution in [0.4, 0.5) is 0 Å². The molecule has 0 saturated carbocycles. The maximum Gasteiger partial charge on any atom is 0.352 e. The van der Waals surface area contributed by atoms with E-state index in [1.54, 1.807) is 24.3 Å². The van der Waals surface area contributed by atoms with Crippen LogP contribution >= 0.6 is 0 Å². The number of para-hydroxylation sites is 2. The average Bonchev–Trinajstić information content (AvgIpc) is 2.94. The van der Waals surface area contributed by atoms with Crippen LogP contribution in [0, 0.1) is 6.92 Å². The van der Waals surface area contributed by atoms with Gasteiger partial charge in [0.25, 0.3) is 0 Å². The van der Waals surface area contributed by atoms with Crippen molar-refractivity contribution >= 4 is 0 Å². The van der Waals surface area contributed by atoms with E-state index in [-0.39, 0.29) is 17.9 Å². The minimum absolute atomic E-state index is 0.188. The van der Waals surface area contributed by atoms with E-state index in [9.17, 15) is 9.59 Å². The van der Waals surface area contributed by atoms with Crippen LogP contribution in [0.3, 0.4) is 0 Å². The first-order chi connectivity index (χ1) is 13.1. The lowest BCUT2D eigenvalue weighted by atomic mass is 10.1. The molecule has 0 aliphatic heterocycles. The van der Waals surface area contributed by atoms with E-state index in [1.165, 1.54) is 13.9 Å². The van der Waals surface area contributed by atoms with Crippen LogP contribution in [0.25, 0.3) is 11.4 Å². The van der Waals surface area contributed by atoms with Crippen molar-refractivity contribution in [1.82, 2.24) is 13.9 Å². The fraction of sp³-hybridized carbons (Fsp3) is 0.0455. The SMILES string of the molecule is [CH2]c1cccc(Cn2c(=O)n(-c3ccccc3)n(-c3ccccc3)c2=O)c1. The third-order valence-corrected chi connectivity index (χ3v) is 4.36. The molecule has 0 unspecified atom stereocenters. The molecule has 0 aliphatic carbocycles. The van der Waals surface area contributed by atoms with Gasteiger partial charge in [0, 0.05) is 0 Å². The monoisotopic (exact) mass is 356 g/mol. The van der Waals surface area contributed by atoms with Crippen molar-refractivity contribution in [2.45, 2.75) is 6.54 Å². The van der Waals surface area contributed by atoms with Crippen LogP contribution < -0.4 is 11.4 Å². The number of rotatable bonds is 4. The van der Waals surface area contributed by atoms with Gasteiger partial charge in [-0.1, -0.05) is 60.7 Å². The normalized spacial score (nSPS) is 10.9. The zero-order valence-corrected chi connectivity index (χ0v) is 14.7. The van der Waals surface area contributed by atoms with Crippen LogP contribution in [0.15, 0.2) is 94.5 Å². The Kier molecular flexibility index (Phi) is 4.34. The summed E-state index contributed by atoms with van der Waals surface area (Å²) in [6.45, 7) is 4.10. The van der Waals surface area contributed by atoms with Crippen molar-refractivity contribution in [3.8, 4) is 11.4 Å². The summed E-state index contributed by atoms with van der Waals surface area (Å²) in [4.78, 5) is 26.3. The van der Waals surface area contributed by atoms with Gasteiger partial charge < -0.3 is 0 Å². The molecule has 1 radical (unpaired) electrons. The summed E-state index contributed by atoms with van der Waals surface area (Å²) in [5.74, 6) is 0. The van der Waals surface area contributed by atoms with E-state index < -0.39 is 0 Å². The molecular formula is C22H18N3O2. The predicted molar refractivity (Wildman–Crippen MR) is 106 cm³/mol. The minimum atomic E-state index is -0.385. The van der Waals surface area contributed by atoms with Gasteiger partial charge in [0.15, 0.2) is 0 Å². The van der Waals surface area contributed by atoms with Crippen LogP contribution in [-0.4, -0.2) is 13.9 Å². The molecule has 27 heavy (non-hydrogen) atoms. The Morgan fingerprint density at radius 1 is 0.667 bits per heavy atom. The molecular weight excluding hydrogens is 338 g/mol. The first-order valence-electron chi connectivity index (χ1n) is 8.62.